The zero-order valence-electron chi connectivity index (χ0n) is 11.4. The van der Waals surface area contributed by atoms with Crippen molar-refractivity contribution in [3.05, 3.63) is 48.8 Å². The summed E-state index contributed by atoms with van der Waals surface area (Å²) in [5.74, 6) is 0.425. The zero-order valence-corrected chi connectivity index (χ0v) is 11.4. The van der Waals surface area contributed by atoms with E-state index < -0.39 is 0 Å². The first-order valence-corrected chi connectivity index (χ1v) is 6.89. The fourth-order valence-corrected chi connectivity index (χ4v) is 2.51. The Balaban J connectivity index is 1.69. The van der Waals surface area contributed by atoms with Gasteiger partial charge in [-0.2, -0.15) is 0 Å². The van der Waals surface area contributed by atoms with E-state index in [0.29, 0.717) is 5.92 Å². The van der Waals surface area contributed by atoms with Crippen LogP contribution < -0.4 is 4.90 Å². The van der Waals surface area contributed by atoms with Gasteiger partial charge in [-0.05, 0) is 18.6 Å². The second kappa shape index (κ2) is 6.43. The van der Waals surface area contributed by atoms with Crippen LogP contribution in [-0.4, -0.2) is 41.3 Å². The first-order chi connectivity index (χ1) is 9.92. The molecule has 2 aromatic rings. The molecule has 0 unspecified atom stereocenters. The maximum absolute atomic E-state index is 5.72. The van der Waals surface area contributed by atoms with Crippen molar-refractivity contribution in [3.63, 3.8) is 0 Å². The van der Waals surface area contributed by atoms with Gasteiger partial charge in [-0.15, -0.1) is 0 Å². The van der Waals surface area contributed by atoms with Crippen LogP contribution in [-0.2, 0) is 11.2 Å². The molecule has 0 spiro atoms. The van der Waals surface area contributed by atoms with E-state index in [0.717, 1.165) is 44.1 Å². The van der Waals surface area contributed by atoms with Crippen molar-refractivity contribution < 1.29 is 4.74 Å². The molecule has 0 amide bonds. The van der Waals surface area contributed by atoms with E-state index >= 15 is 0 Å². The Bertz CT molecular complexity index is 520. The highest BCUT2D eigenvalue weighted by molar-refractivity contribution is 5.43. The van der Waals surface area contributed by atoms with E-state index in [2.05, 4.69) is 25.9 Å². The number of hydrogen-bond donors (Lipinski definition) is 0. The monoisotopic (exact) mass is 270 g/mol. The number of anilines is 1. The van der Waals surface area contributed by atoms with Crippen molar-refractivity contribution in [2.75, 3.05) is 31.2 Å². The van der Waals surface area contributed by atoms with Gasteiger partial charge in [0.05, 0.1) is 30.8 Å². The van der Waals surface area contributed by atoms with Gasteiger partial charge in [-0.25, -0.2) is 0 Å². The van der Waals surface area contributed by atoms with Gasteiger partial charge < -0.3 is 9.64 Å². The first-order valence-electron chi connectivity index (χ1n) is 6.89. The van der Waals surface area contributed by atoms with Gasteiger partial charge in [0.15, 0.2) is 0 Å². The van der Waals surface area contributed by atoms with Gasteiger partial charge in [0.2, 0.25) is 0 Å². The predicted molar refractivity (Wildman–Crippen MR) is 76.5 cm³/mol. The predicted octanol–water partition coefficient (Wildman–Crippen LogP) is 1.57. The second-order valence-electron chi connectivity index (χ2n) is 5.00. The van der Waals surface area contributed by atoms with Crippen molar-refractivity contribution in [2.24, 2.45) is 5.92 Å². The average Bonchev–Trinajstić information content (AvgIpc) is 2.75. The lowest BCUT2D eigenvalue weighted by Crippen LogP contribution is -2.31. The summed E-state index contributed by atoms with van der Waals surface area (Å²) in [5, 5.41) is 0. The minimum atomic E-state index is 0.425. The molecule has 0 saturated carbocycles. The topological polar surface area (TPSA) is 51.1 Å². The molecule has 0 N–H and O–H groups in total. The maximum Gasteiger partial charge on any atom is 0.0641 e. The van der Waals surface area contributed by atoms with Crippen LogP contribution in [0, 0.1) is 5.92 Å². The van der Waals surface area contributed by atoms with Crippen LogP contribution in [0.4, 0.5) is 5.69 Å². The van der Waals surface area contributed by atoms with Gasteiger partial charge in [0, 0.05) is 43.8 Å². The van der Waals surface area contributed by atoms with E-state index in [9.17, 15) is 0 Å². The summed E-state index contributed by atoms with van der Waals surface area (Å²) in [6, 6.07) is 4.07. The molecule has 0 bridgehead atoms. The molecular weight excluding hydrogens is 252 g/mol. The van der Waals surface area contributed by atoms with Gasteiger partial charge in [-0.1, -0.05) is 0 Å². The molecule has 0 aromatic carbocycles. The Morgan fingerprint density at radius 1 is 1.20 bits per heavy atom. The highest BCUT2D eigenvalue weighted by Gasteiger charge is 2.20. The molecule has 20 heavy (non-hydrogen) atoms. The Morgan fingerprint density at radius 3 is 2.95 bits per heavy atom. The highest BCUT2D eigenvalue weighted by Crippen LogP contribution is 2.18. The largest absolute Gasteiger partial charge is 0.379 e. The molecule has 5 heteroatoms. The lowest BCUT2D eigenvalue weighted by atomic mass is 10.0. The van der Waals surface area contributed by atoms with Crippen molar-refractivity contribution >= 4 is 5.69 Å². The number of aromatic nitrogens is 3. The number of hydrogen-bond acceptors (Lipinski definition) is 5. The van der Waals surface area contributed by atoms with Crippen molar-refractivity contribution in [2.45, 2.75) is 6.42 Å². The highest BCUT2D eigenvalue weighted by atomic mass is 16.5. The van der Waals surface area contributed by atoms with E-state index in [1.165, 1.54) is 0 Å². The minimum Gasteiger partial charge on any atom is -0.379 e. The van der Waals surface area contributed by atoms with E-state index in [1.54, 1.807) is 18.6 Å². The molecular formula is C15H18N4O. The van der Waals surface area contributed by atoms with E-state index in [1.807, 2.05) is 18.5 Å². The summed E-state index contributed by atoms with van der Waals surface area (Å²) < 4.78 is 5.72. The molecule has 1 aliphatic rings. The zero-order chi connectivity index (χ0) is 13.6. The SMILES string of the molecule is c1cncc(N2CCOC[C@H](Cc3cnccn3)C2)c1. The summed E-state index contributed by atoms with van der Waals surface area (Å²) in [6.45, 7) is 3.39. The number of nitrogens with zero attached hydrogens (tertiary/aromatic N) is 4. The van der Waals surface area contributed by atoms with Gasteiger partial charge in [-0.3, -0.25) is 15.0 Å². The molecule has 1 aliphatic heterocycles. The van der Waals surface area contributed by atoms with E-state index in [4.69, 9.17) is 4.74 Å². The maximum atomic E-state index is 5.72. The number of pyridine rings is 1. The van der Waals surface area contributed by atoms with Crippen LogP contribution in [0.3, 0.4) is 0 Å². The van der Waals surface area contributed by atoms with Crippen molar-refractivity contribution in [1.29, 1.82) is 0 Å². The molecule has 1 fully saturated rings. The summed E-state index contributed by atoms with van der Waals surface area (Å²) in [6.07, 6.45) is 9.88. The normalized spacial score (nSPS) is 19.6. The Hall–Kier alpha value is -2.01. The van der Waals surface area contributed by atoms with Crippen molar-refractivity contribution in [3.8, 4) is 0 Å². The Labute approximate surface area is 118 Å². The molecule has 1 saturated heterocycles. The lowest BCUT2D eigenvalue weighted by Gasteiger charge is -2.25. The third-order valence-corrected chi connectivity index (χ3v) is 3.46. The van der Waals surface area contributed by atoms with Crippen LogP contribution in [0.25, 0.3) is 0 Å². The summed E-state index contributed by atoms with van der Waals surface area (Å²) >= 11 is 0. The summed E-state index contributed by atoms with van der Waals surface area (Å²) in [4.78, 5) is 15.0. The van der Waals surface area contributed by atoms with Crippen LogP contribution in [0.2, 0.25) is 0 Å². The first kappa shape index (κ1) is 13.0. The van der Waals surface area contributed by atoms with Crippen LogP contribution in [0.5, 0.6) is 0 Å². The Kier molecular flexibility index (Phi) is 4.18. The van der Waals surface area contributed by atoms with E-state index in [-0.39, 0.29) is 0 Å². The lowest BCUT2D eigenvalue weighted by molar-refractivity contribution is 0.123. The molecule has 0 aliphatic carbocycles. The molecule has 104 valence electrons. The average molecular weight is 270 g/mol. The van der Waals surface area contributed by atoms with Crippen LogP contribution in [0.15, 0.2) is 43.1 Å². The van der Waals surface area contributed by atoms with Gasteiger partial charge in [0.25, 0.3) is 0 Å². The van der Waals surface area contributed by atoms with Crippen molar-refractivity contribution in [1.82, 2.24) is 15.0 Å². The number of ether oxygens (including phenoxy) is 1. The molecule has 1 atom stereocenters. The third-order valence-electron chi connectivity index (χ3n) is 3.46. The van der Waals surface area contributed by atoms with Gasteiger partial charge in [0.1, 0.15) is 0 Å². The van der Waals surface area contributed by atoms with Crippen LogP contribution in [0.1, 0.15) is 5.69 Å². The molecule has 3 heterocycles. The molecule has 2 aromatic heterocycles. The molecule has 5 nitrogen and oxygen atoms in total. The summed E-state index contributed by atoms with van der Waals surface area (Å²) in [7, 11) is 0. The quantitative estimate of drug-likeness (QED) is 0.847. The third kappa shape index (κ3) is 3.30. The number of rotatable bonds is 3. The van der Waals surface area contributed by atoms with Gasteiger partial charge >= 0.3 is 0 Å². The smallest absolute Gasteiger partial charge is 0.0641 e. The fraction of sp³-hybridized carbons (Fsp3) is 0.400. The minimum absolute atomic E-state index is 0.425. The fourth-order valence-electron chi connectivity index (χ4n) is 2.51. The molecule has 3 rings (SSSR count). The standard InChI is InChI=1S/C15H18N4O/c1-2-15(10-16-3-1)19-6-7-20-12-13(11-19)8-14-9-17-4-5-18-14/h1-5,9-10,13H,6-8,11-12H2/t13-/m1/s1. The molecule has 0 radical (unpaired) electrons. The summed E-state index contributed by atoms with van der Waals surface area (Å²) in [5.41, 5.74) is 2.18. The van der Waals surface area contributed by atoms with Crippen LogP contribution >= 0.6 is 0 Å². The Morgan fingerprint density at radius 2 is 2.15 bits per heavy atom. The second-order valence-corrected chi connectivity index (χ2v) is 5.00.